The first kappa shape index (κ1) is 20.7. The Morgan fingerprint density at radius 3 is 2.67 bits per heavy atom. The van der Waals surface area contributed by atoms with Crippen LogP contribution in [-0.2, 0) is 10.2 Å². The standard InChI is InChI=1S/C21H30FN7O/c1-21(2,3)18-17(22)19(25-14-24-18)29-8-4-5-15(13-29)26-16-6-7-23-20(27-16)28-9-11-30-12-10-28/h6-7,14-15H,4-5,8-13H2,1-3H3,(H,23,26,27). The number of ether oxygens (including phenoxy) is 1. The second kappa shape index (κ2) is 8.67. The molecule has 9 heteroatoms. The summed E-state index contributed by atoms with van der Waals surface area (Å²) in [6.45, 7) is 10.3. The van der Waals surface area contributed by atoms with Crippen LogP contribution in [0.1, 0.15) is 39.3 Å². The van der Waals surface area contributed by atoms with Crippen LogP contribution in [0.4, 0.5) is 22.0 Å². The topological polar surface area (TPSA) is 79.3 Å². The van der Waals surface area contributed by atoms with Gasteiger partial charge in [-0.05, 0) is 18.9 Å². The van der Waals surface area contributed by atoms with Gasteiger partial charge in [0.1, 0.15) is 12.1 Å². The third kappa shape index (κ3) is 4.61. The normalized spacial score (nSPS) is 20.3. The van der Waals surface area contributed by atoms with E-state index in [2.05, 4.69) is 30.2 Å². The van der Waals surface area contributed by atoms with Crippen LogP contribution in [-0.4, -0.2) is 65.4 Å². The van der Waals surface area contributed by atoms with Gasteiger partial charge in [-0.1, -0.05) is 20.8 Å². The first-order valence-electron chi connectivity index (χ1n) is 10.6. The number of hydrogen-bond donors (Lipinski definition) is 1. The average molecular weight is 416 g/mol. The molecule has 2 saturated heterocycles. The minimum atomic E-state index is -0.369. The molecular weight excluding hydrogens is 385 g/mol. The van der Waals surface area contributed by atoms with E-state index in [0.717, 1.165) is 38.3 Å². The molecule has 30 heavy (non-hydrogen) atoms. The van der Waals surface area contributed by atoms with Crippen molar-refractivity contribution in [1.29, 1.82) is 0 Å². The Balaban J connectivity index is 1.46. The van der Waals surface area contributed by atoms with Gasteiger partial charge < -0.3 is 19.9 Å². The van der Waals surface area contributed by atoms with Gasteiger partial charge in [0, 0.05) is 43.8 Å². The Morgan fingerprint density at radius 2 is 1.90 bits per heavy atom. The predicted molar refractivity (Wildman–Crippen MR) is 115 cm³/mol. The number of anilines is 3. The zero-order valence-corrected chi connectivity index (χ0v) is 17.9. The van der Waals surface area contributed by atoms with Gasteiger partial charge in [0.05, 0.1) is 18.9 Å². The molecule has 0 aromatic carbocycles. The van der Waals surface area contributed by atoms with Crippen molar-refractivity contribution >= 4 is 17.6 Å². The summed E-state index contributed by atoms with van der Waals surface area (Å²) in [7, 11) is 0. The number of hydrogen-bond acceptors (Lipinski definition) is 8. The Kier molecular flexibility index (Phi) is 5.99. The lowest BCUT2D eigenvalue weighted by Gasteiger charge is -2.35. The van der Waals surface area contributed by atoms with Crippen molar-refractivity contribution in [3.63, 3.8) is 0 Å². The fraction of sp³-hybridized carbons (Fsp3) is 0.619. The highest BCUT2D eigenvalue weighted by atomic mass is 19.1. The number of morpholine rings is 1. The van der Waals surface area contributed by atoms with Gasteiger partial charge in [0.2, 0.25) is 5.95 Å². The zero-order chi connectivity index (χ0) is 21.1. The molecule has 4 heterocycles. The maximum atomic E-state index is 15.1. The molecule has 1 unspecified atom stereocenters. The summed E-state index contributed by atoms with van der Waals surface area (Å²) in [6, 6.07) is 2.03. The minimum absolute atomic E-state index is 0.152. The van der Waals surface area contributed by atoms with Crippen LogP contribution in [0, 0.1) is 5.82 Å². The van der Waals surface area contributed by atoms with Crippen molar-refractivity contribution in [2.45, 2.75) is 45.1 Å². The van der Waals surface area contributed by atoms with Gasteiger partial charge in [-0.2, -0.15) is 4.98 Å². The molecule has 2 aliphatic rings. The van der Waals surface area contributed by atoms with Gasteiger partial charge >= 0.3 is 0 Å². The quantitative estimate of drug-likeness (QED) is 0.816. The van der Waals surface area contributed by atoms with E-state index in [1.54, 1.807) is 6.20 Å². The van der Waals surface area contributed by atoms with Crippen molar-refractivity contribution in [3.05, 3.63) is 30.1 Å². The van der Waals surface area contributed by atoms with Crippen molar-refractivity contribution < 1.29 is 9.13 Å². The Morgan fingerprint density at radius 1 is 1.10 bits per heavy atom. The van der Waals surface area contributed by atoms with Crippen LogP contribution in [0.25, 0.3) is 0 Å². The number of rotatable bonds is 4. The monoisotopic (exact) mass is 415 g/mol. The van der Waals surface area contributed by atoms with Crippen molar-refractivity contribution in [2.24, 2.45) is 0 Å². The second-order valence-electron chi connectivity index (χ2n) is 8.88. The molecular formula is C21H30FN7O. The molecule has 2 aromatic rings. The molecule has 162 valence electrons. The van der Waals surface area contributed by atoms with E-state index in [1.807, 2.05) is 31.7 Å². The molecule has 8 nitrogen and oxygen atoms in total. The average Bonchev–Trinajstić information content (AvgIpc) is 2.74. The largest absolute Gasteiger partial charge is 0.378 e. The van der Waals surface area contributed by atoms with E-state index in [0.29, 0.717) is 37.2 Å². The van der Waals surface area contributed by atoms with Crippen molar-refractivity contribution in [3.8, 4) is 0 Å². The Bertz CT molecular complexity index is 867. The number of piperidine rings is 1. The molecule has 1 atom stereocenters. The lowest BCUT2D eigenvalue weighted by molar-refractivity contribution is 0.122. The molecule has 2 fully saturated rings. The van der Waals surface area contributed by atoms with E-state index in [1.165, 1.54) is 6.33 Å². The van der Waals surface area contributed by atoms with Crippen molar-refractivity contribution in [2.75, 3.05) is 54.5 Å². The smallest absolute Gasteiger partial charge is 0.227 e. The van der Waals surface area contributed by atoms with Gasteiger partial charge in [-0.25, -0.2) is 19.3 Å². The highest BCUT2D eigenvalue weighted by Gasteiger charge is 2.28. The van der Waals surface area contributed by atoms with E-state index in [9.17, 15) is 0 Å². The van der Waals surface area contributed by atoms with E-state index in [4.69, 9.17) is 4.74 Å². The molecule has 1 N–H and O–H groups in total. The number of nitrogens with zero attached hydrogens (tertiary/aromatic N) is 6. The summed E-state index contributed by atoms with van der Waals surface area (Å²) in [5.41, 5.74) is 0.0834. The van der Waals surface area contributed by atoms with E-state index in [-0.39, 0.29) is 17.3 Å². The van der Waals surface area contributed by atoms with Gasteiger partial charge in [0.15, 0.2) is 11.6 Å². The Labute approximate surface area is 176 Å². The molecule has 0 radical (unpaired) electrons. The number of nitrogens with one attached hydrogen (secondary N) is 1. The molecule has 0 saturated carbocycles. The SMILES string of the molecule is CC(C)(C)c1ncnc(N2CCCC(Nc3ccnc(N4CCOCC4)n3)C2)c1F. The van der Waals surface area contributed by atoms with E-state index >= 15 is 4.39 Å². The van der Waals surface area contributed by atoms with Crippen LogP contribution >= 0.6 is 0 Å². The van der Waals surface area contributed by atoms with Gasteiger partial charge in [0.25, 0.3) is 0 Å². The minimum Gasteiger partial charge on any atom is -0.378 e. The van der Waals surface area contributed by atoms with Crippen molar-refractivity contribution in [1.82, 2.24) is 19.9 Å². The zero-order valence-electron chi connectivity index (χ0n) is 17.9. The molecule has 0 aliphatic carbocycles. The third-order valence-corrected chi connectivity index (χ3v) is 5.49. The maximum Gasteiger partial charge on any atom is 0.227 e. The summed E-state index contributed by atoms with van der Waals surface area (Å²) in [5, 5.41) is 3.51. The summed E-state index contributed by atoms with van der Waals surface area (Å²) >= 11 is 0. The fourth-order valence-electron chi connectivity index (χ4n) is 3.94. The third-order valence-electron chi connectivity index (χ3n) is 5.49. The maximum absolute atomic E-state index is 15.1. The number of halogens is 1. The lowest BCUT2D eigenvalue weighted by Crippen LogP contribution is -2.43. The highest BCUT2D eigenvalue weighted by molar-refractivity contribution is 5.46. The first-order chi connectivity index (χ1) is 14.4. The Hall–Kier alpha value is -2.55. The van der Waals surface area contributed by atoms with Gasteiger partial charge in [-0.3, -0.25) is 0 Å². The molecule has 2 aromatic heterocycles. The number of aromatic nitrogens is 4. The molecule has 0 spiro atoms. The second-order valence-corrected chi connectivity index (χ2v) is 8.88. The highest BCUT2D eigenvalue weighted by Crippen LogP contribution is 2.29. The molecule has 0 bridgehead atoms. The summed E-state index contributed by atoms with van der Waals surface area (Å²) in [6.07, 6.45) is 5.19. The van der Waals surface area contributed by atoms with Crippen LogP contribution in [0.5, 0.6) is 0 Å². The molecule has 0 amide bonds. The summed E-state index contributed by atoms with van der Waals surface area (Å²) < 4.78 is 20.5. The first-order valence-corrected chi connectivity index (χ1v) is 10.6. The lowest BCUT2D eigenvalue weighted by atomic mass is 9.91. The molecule has 2 aliphatic heterocycles. The van der Waals surface area contributed by atoms with E-state index < -0.39 is 0 Å². The van der Waals surface area contributed by atoms with Crippen LogP contribution < -0.4 is 15.1 Å². The summed E-state index contributed by atoms with van der Waals surface area (Å²) in [4.78, 5) is 21.7. The molecule has 4 rings (SSSR count). The summed E-state index contributed by atoms with van der Waals surface area (Å²) in [5.74, 6) is 1.57. The van der Waals surface area contributed by atoms with Gasteiger partial charge in [-0.15, -0.1) is 0 Å². The van der Waals surface area contributed by atoms with Crippen LogP contribution in [0.2, 0.25) is 0 Å². The predicted octanol–water partition coefficient (Wildman–Crippen LogP) is 2.62. The fourth-order valence-corrected chi connectivity index (χ4v) is 3.94. The van der Waals surface area contributed by atoms with Crippen LogP contribution in [0.15, 0.2) is 18.6 Å². The van der Waals surface area contributed by atoms with Crippen LogP contribution in [0.3, 0.4) is 0 Å².